The minimum Gasteiger partial charge on any atom is -0.350 e. The molecular formula is C11H10ClF2N3O. The van der Waals surface area contributed by atoms with Crippen molar-refractivity contribution in [2.45, 2.75) is 6.42 Å². The van der Waals surface area contributed by atoms with E-state index in [1.165, 1.54) is 24.5 Å². The lowest BCUT2D eigenvalue weighted by Gasteiger charge is -2.00. The van der Waals surface area contributed by atoms with E-state index in [9.17, 15) is 13.6 Å². The third-order valence-electron chi connectivity index (χ3n) is 2.27. The minimum absolute atomic E-state index is 0. The standard InChI is InChI=1S/C11H9F2N3O.ClH/c12-9-2-1-8(10(13)4-9)3-7-5-15-16(6-7)11(14)17;/h1-2,4-6H,3H2,(H2,14,17);1H. The van der Waals surface area contributed by atoms with Crippen molar-refractivity contribution in [1.82, 2.24) is 9.78 Å². The highest BCUT2D eigenvalue weighted by Gasteiger charge is 2.07. The number of amides is 1. The van der Waals surface area contributed by atoms with Crippen molar-refractivity contribution in [2.75, 3.05) is 0 Å². The number of hydrogen-bond acceptors (Lipinski definition) is 2. The fraction of sp³-hybridized carbons (Fsp3) is 0.0909. The molecule has 0 radical (unpaired) electrons. The van der Waals surface area contributed by atoms with Gasteiger partial charge < -0.3 is 5.73 Å². The van der Waals surface area contributed by atoms with Crippen LogP contribution >= 0.6 is 12.4 Å². The Hall–Kier alpha value is -1.95. The number of carbonyl (C=O) groups is 1. The van der Waals surface area contributed by atoms with Gasteiger partial charge in [0.25, 0.3) is 0 Å². The van der Waals surface area contributed by atoms with Crippen LogP contribution in [0.1, 0.15) is 11.1 Å². The molecule has 0 bridgehead atoms. The molecular weight excluding hydrogens is 264 g/mol. The number of carbonyl (C=O) groups excluding carboxylic acids is 1. The van der Waals surface area contributed by atoms with Gasteiger partial charge in [-0.2, -0.15) is 9.78 Å². The summed E-state index contributed by atoms with van der Waals surface area (Å²) < 4.78 is 27.0. The van der Waals surface area contributed by atoms with Crippen molar-refractivity contribution in [3.8, 4) is 0 Å². The molecule has 0 unspecified atom stereocenters. The monoisotopic (exact) mass is 273 g/mol. The van der Waals surface area contributed by atoms with Crippen molar-refractivity contribution < 1.29 is 13.6 Å². The van der Waals surface area contributed by atoms with Crippen LogP contribution in [0.25, 0.3) is 0 Å². The quantitative estimate of drug-likeness (QED) is 0.911. The molecule has 18 heavy (non-hydrogen) atoms. The third-order valence-corrected chi connectivity index (χ3v) is 2.27. The lowest BCUT2D eigenvalue weighted by atomic mass is 10.1. The summed E-state index contributed by atoms with van der Waals surface area (Å²) in [5, 5.41) is 3.70. The molecule has 0 saturated carbocycles. The van der Waals surface area contributed by atoms with Crippen molar-refractivity contribution in [2.24, 2.45) is 5.73 Å². The second-order valence-electron chi connectivity index (χ2n) is 3.54. The Morgan fingerprint density at radius 3 is 2.67 bits per heavy atom. The van der Waals surface area contributed by atoms with E-state index in [-0.39, 0.29) is 18.8 Å². The van der Waals surface area contributed by atoms with Gasteiger partial charge >= 0.3 is 6.03 Å². The summed E-state index contributed by atoms with van der Waals surface area (Å²) in [5.41, 5.74) is 5.96. The molecule has 1 amide bonds. The third kappa shape index (κ3) is 3.04. The second-order valence-corrected chi connectivity index (χ2v) is 3.54. The molecule has 1 aromatic carbocycles. The zero-order valence-electron chi connectivity index (χ0n) is 9.14. The first kappa shape index (κ1) is 14.1. The molecule has 0 spiro atoms. The Kier molecular flexibility index (Phi) is 4.38. The molecule has 7 heteroatoms. The van der Waals surface area contributed by atoms with E-state index in [0.717, 1.165) is 10.7 Å². The average molecular weight is 274 g/mol. The van der Waals surface area contributed by atoms with Crippen molar-refractivity contribution in [1.29, 1.82) is 0 Å². The number of benzene rings is 1. The molecule has 0 saturated heterocycles. The summed E-state index contributed by atoms with van der Waals surface area (Å²) in [6.07, 6.45) is 3.04. The maximum Gasteiger partial charge on any atom is 0.339 e. The van der Waals surface area contributed by atoms with Gasteiger partial charge in [0.05, 0.1) is 6.20 Å². The zero-order valence-corrected chi connectivity index (χ0v) is 9.95. The van der Waals surface area contributed by atoms with E-state index in [1.807, 2.05) is 0 Å². The SMILES string of the molecule is Cl.NC(=O)n1cc(Cc2ccc(F)cc2F)cn1. The number of nitrogens with two attached hydrogens (primary N) is 1. The Bertz CT molecular complexity index is 571. The van der Waals surface area contributed by atoms with Crippen LogP contribution in [0, 0.1) is 11.6 Å². The molecule has 2 rings (SSSR count). The van der Waals surface area contributed by atoms with Gasteiger partial charge in [-0.15, -0.1) is 12.4 Å². The smallest absolute Gasteiger partial charge is 0.339 e. The van der Waals surface area contributed by atoms with E-state index < -0.39 is 17.7 Å². The van der Waals surface area contributed by atoms with Gasteiger partial charge in [-0.25, -0.2) is 13.6 Å². The summed E-state index contributed by atoms with van der Waals surface area (Å²) in [4.78, 5) is 10.8. The largest absolute Gasteiger partial charge is 0.350 e. The molecule has 0 fully saturated rings. The lowest BCUT2D eigenvalue weighted by Crippen LogP contribution is -2.19. The Labute approximate surface area is 108 Å². The van der Waals surface area contributed by atoms with Crippen LogP contribution in [0.3, 0.4) is 0 Å². The molecule has 0 aliphatic carbocycles. The second kappa shape index (κ2) is 5.59. The van der Waals surface area contributed by atoms with Crippen molar-refractivity contribution in [3.63, 3.8) is 0 Å². The highest BCUT2D eigenvalue weighted by molar-refractivity contribution is 5.85. The molecule has 0 aliphatic heterocycles. The lowest BCUT2D eigenvalue weighted by molar-refractivity contribution is 0.247. The maximum absolute atomic E-state index is 13.3. The van der Waals surface area contributed by atoms with E-state index in [0.29, 0.717) is 11.1 Å². The molecule has 2 aromatic rings. The summed E-state index contributed by atoms with van der Waals surface area (Å²) in [5.74, 6) is -1.25. The molecule has 2 N–H and O–H groups in total. The Morgan fingerprint density at radius 1 is 1.39 bits per heavy atom. The molecule has 1 aromatic heterocycles. The van der Waals surface area contributed by atoms with Gasteiger partial charge in [0, 0.05) is 18.7 Å². The first-order valence-electron chi connectivity index (χ1n) is 4.83. The Morgan fingerprint density at radius 2 is 2.11 bits per heavy atom. The van der Waals surface area contributed by atoms with Crippen molar-refractivity contribution >= 4 is 18.4 Å². The Balaban J connectivity index is 0.00000162. The zero-order chi connectivity index (χ0) is 12.4. The van der Waals surface area contributed by atoms with E-state index in [2.05, 4.69) is 5.10 Å². The highest BCUT2D eigenvalue weighted by Crippen LogP contribution is 2.14. The fourth-order valence-electron chi connectivity index (χ4n) is 1.46. The number of halogens is 3. The minimum atomic E-state index is -0.712. The van der Waals surface area contributed by atoms with Gasteiger partial charge in [0.2, 0.25) is 0 Å². The first-order chi connectivity index (χ1) is 8.06. The average Bonchev–Trinajstić information content (AvgIpc) is 2.71. The van der Waals surface area contributed by atoms with Gasteiger partial charge in [-0.3, -0.25) is 0 Å². The van der Waals surface area contributed by atoms with Gasteiger partial charge in [-0.1, -0.05) is 6.07 Å². The number of aromatic nitrogens is 2. The van der Waals surface area contributed by atoms with Gasteiger partial charge in [0.1, 0.15) is 11.6 Å². The summed E-state index contributed by atoms with van der Waals surface area (Å²) in [7, 11) is 0. The molecule has 0 aliphatic rings. The summed E-state index contributed by atoms with van der Waals surface area (Å²) in [6.45, 7) is 0. The van der Waals surface area contributed by atoms with Crippen LogP contribution in [-0.4, -0.2) is 15.8 Å². The topological polar surface area (TPSA) is 60.9 Å². The first-order valence-corrected chi connectivity index (χ1v) is 4.83. The van der Waals surface area contributed by atoms with Crippen LogP contribution in [0.5, 0.6) is 0 Å². The summed E-state index contributed by atoms with van der Waals surface area (Å²) in [6, 6.07) is 2.63. The number of nitrogens with zero attached hydrogens (tertiary/aromatic N) is 2. The van der Waals surface area contributed by atoms with E-state index >= 15 is 0 Å². The summed E-state index contributed by atoms with van der Waals surface area (Å²) >= 11 is 0. The molecule has 4 nitrogen and oxygen atoms in total. The van der Waals surface area contributed by atoms with Crippen LogP contribution in [0.4, 0.5) is 13.6 Å². The molecule has 0 atom stereocenters. The predicted molar refractivity (Wildman–Crippen MR) is 63.6 cm³/mol. The van der Waals surface area contributed by atoms with Gasteiger partial charge in [0.15, 0.2) is 0 Å². The molecule has 96 valence electrons. The maximum atomic E-state index is 13.3. The van der Waals surface area contributed by atoms with E-state index in [1.54, 1.807) is 0 Å². The number of rotatable bonds is 2. The van der Waals surface area contributed by atoms with Crippen LogP contribution < -0.4 is 5.73 Å². The fourth-order valence-corrected chi connectivity index (χ4v) is 1.46. The van der Waals surface area contributed by atoms with Crippen LogP contribution in [0.2, 0.25) is 0 Å². The van der Waals surface area contributed by atoms with Crippen LogP contribution in [-0.2, 0) is 6.42 Å². The number of primary amides is 1. The predicted octanol–water partition coefficient (Wildman–Crippen LogP) is 2.10. The van der Waals surface area contributed by atoms with E-state index in [4.69, 9.17) is 5.73 Å². The highest BCUT2D eigenvalue weighted by atomic mass is 35.5. The normalized spacial score (nSPS) is 9.89. The van der Waals surface area contributed by atoms with Crippen LogP contribution in [0.15, 0.2) is 30.6 Å². The van der Waals surface area contributed by atoms with Gasteiger partial charge in [-0.05, 0) is 17.2 Å². The number of hydrogen-bond donors (Lipinski definition) is 1. The molecule has 1 heterocycles. The van der Waals surface area contributed by atoms with Crippen molar-refractivity contribution in [3.05, 3.63) is 53.4 Å².